The zero-order valence-corrected chi connectivity index (χ0v) is 9.51. The van der Waals surface area contributed by atoms with E-state index in [1.165, 1.54) is 31.2 Å². The van der Waals surface area contributed by atoms with E-state index in [4.69, 9.17) is 0 Å². The monoisotopic (exact) mass is 250 g/mol. The quantitative estimate of drug-likeness (QED) is 0.743. The van der Waals surface area contributed by atoms with Crippen molar-refractivity contribution in [3.05, 3.63) is 70.5 Å². The van der Waals surface area contributed by atoms with E-state index in [-0.39, 0.29) is 11.1 Å². The predicted octanol–water partition coefficient (Wildman–Crippen LogP) is 3.64. The van der Waals surface area contributed by atoms with Crippen LogP contribution >= 0.6 is 0 Å². The van der Waals surface area contributed by atoms with Crippen molar-refractivity contribution in [3.63, 3.8) is 0 Å². The van der Waals surface area contributed by atoms with Crippen molar-refractivity contribution < 1.29 is 18.0 Å². The van der Waals surface area contributed by atoms with Gasteiger partial charge in [-0.15, -0.1) is 0 Å². The van der Waals surface area contributed by atoms with E-state index in [1.807, 2.05) is 0 Å². The van der Waals surface area contributed by atoms with Crippen LogP contribution in [0.2, 0.25) is 0 Å². The molecule has 2 rings (SSSR count). The number of carbonyl (C=O) groups is 1. The number of hydrogen-bond donors (Lipinski definition) is 0. The fourth-order valence-electron chi connectivity index (χ4n) is 1.61. The van der Waals surface area contributed by atoms with Crippen molar-refractivity contribution in [2.75, 3.05) is 0 Å². The summed E-state index contributed by atoms with van der Waals surface area (Å²) in [6, 6.07) is 7.64. The first-order chi connectivity index (χ1) is 8.52. The smallest absolute Gasteiger partial charge is 0.199 e. The number of halogens is 3. The van der Waals surface area contributed by atoms with Gasteiger partial charge in [0.1, 0.15) is 5.82 Å². The minimum absolute atomic E-state index is 0.0950. The second kappa shape index (κ2) is 4.64. The van der Waals surface area contributed by atoms with Gasteiger partial charge >= 0.3 is 0 Å². The Hall–Kier alpha value is -2.10. The molecule has 0 aliphatic carbocycles. The lowest BCUT2D eigenvalue weighted by Gasteiger charge is -2.06. The molecule has 0 radical (unpaired) electrons. The van der Waals surface area contributed by atoms with Crippen LogP contribution in [0.15, 0.2) is 36.4 Å². The molecule has 2 aromatic carbocycles. The lowest BCUT2D eigenvalue weighted by atomic mass is 10.0. The van der Waals surface area contributed by atoms with Gasteiger partial charge in [-0.3, -0.25) is 4.79 Å². The van der Waals surface area contributed by atoms with Crippen molar-refractivity contribution in [1.29, 1.82) is 0 Å². The molecule has 0 aromatic heterocycles. The second-order valence-corrected chi connectivity index (χ2v) is 3.87. The number of ketones is 1. The van der Waals surface area contributed by atoms with Crippen molar-refractivity contribution >= 4 is 5.78 Å². The molecular formula is C14H9F3O. The highest BCUT2D eigenvalue weighted by Gasteiger charge is 2.20. The van der Waals surface area contributed by atoms with E-state index in [9.17, 15) is 18.0 Å². The summed E-state index contributed by atoms with van der Waals surface area (Å²) in [7, 11) is 0. The molecule has 4 heteroatoms. The maximum Gasteiger partial charge on any atom is 0.199 e. The lowest BCUT2D eigenvalue weighted by molar-refractivity contribution is 0.103. The highest BCUT2D eigenvalue weighted by Crippen LogP contribution is 2.20. The number of carbonyl (C=O) groups excluding carboxylic acids is 1. The van der Waals surface area contributed by atoms with Crippen LogP contribution in [-0.2, 0) is 0 Å². The van der Waals surface area contributed by atoms with Gasteiger partial charge in [-0.2, -0.15) is 0 Å². The SMILES string of the molecule is Cc1ccc(C(=O)c2ccccc2F)c(F)c1F. The third-order valence-corrected chi connectivity index (χ3v) is 2.64. The van der Waals surface area contributed by atoms with Gasteiger partial charge < -0.3 is 0 Å². The first-order valence-electron chi connectivity index (χ1n) is 5.26. The second-order valence-electron chi connectivity index (χ2n) is 3.87. The normalized spacial score (nSPS) is 10.4. The van der Waals surface area contributed by atoms with Crippen LogP contribution in [0.5, 0.6) is 0 Å². The van der Waals surface area contributed by atoms with Crippen LogP contribution in [0.4, 0.5) is 13.2 Å². The van der Waals surface area contributed by atoms with Crippen molar-refractivity contribution in [1.82, 2.24) is 0 Å². The third kappa shape index (κ3) is 2.01. The van der Waals surface area contributed by atoms with Crippen LogP contribution in [0, 0.1) is 24.4 Å². The molecule has 18 heavy (non-hydrogen) atoms. The zero-order chi connectivity index (χ0) is 13.3. The van der Waals surface area contributed by atoms with Crippen LogP contribution in [0.25, 0.3) is 0 Å². The summed E-state index contributed by atoms with van der Waals surface area (Å²) >= 11 is 0. The standard InChI is InChI=1S/C14H9F3O/c1-8-6-7-10(13(17)12(8)16)14(18)9-4-2-3-5-11(9)15/h2-7H,1H3. The molecule has 2 aromatic rings. The van der Waals surface area contributed by atoms with Crippen LogP contribution in [0.1, 0.15) is 21.5 Å². The zero-order valence-electron chi connectivity index (χ0n) is 9.51. The molecule has 0 unspecified atom stereocenters. The number of aryl methyl sites for hydroxylation is 1. The summed E-state index contributed by atoms with van der Waals surface area (Å²) in [4.78, 5) is 11.9. The Labute approximate surface area is 102 Å². The average molecular weight is 250 g/mol. The van der Waals surface area contributed by atoms with E-state index in [0.717, 1.165) is 12.1 Å². The molecule has 0 heterocycles. The van der Waals surface area contributed by atoms with Crippen LogP contribution < -0.4 is 0 Å². The molecule has 0 bridgehead atoms. The number of rotatable bonds is 2. The molecule has 0 spiro atoms. The topological polar surface area (TPSA) is 17.1 Å². The molecule has 0 saturated carbocycles. The Balaban J connectivity index is 2.54. The summed E-state index contributed by atoms with van der Waals surface area (Å²) in [6.07, 6.45) is 0. The van der Waals surface area contributed by atoms with E-state index >= 15 is 0 Å². The third-order valence-electron chi connectivity index (χ3n) is 2.64. The van der Waals surface area contributed by atoms with Gasteiger partial charge in [0, 0.05) is 0 Å². The Bertz CT molecular complexity index is 620. The summed E-state index contributed by atoms with van der Waals surface area (Å²) < 4.78 is 40.4. The predicted molar refractivity (Wildman–Crippen MR) is 60.9 cm³/mol. The number of benzene rings is 2. The van der Waals surface area contributed by atoms with E-state index in [1.54, 1.807) is 0 Å². The summed E-state index contributed by atoms with van der Waals surface area (Å²) in [5.41, 5.74) is -0.652. The van der Waals surface area contributed by atoms with Crippen molar-refractivity contribution in [2.45, 2.75) is 6.92 Å². The molecule has 1 nitrogen and oxygen atoms in total. The molecule has 0 saturated heterocycles. The summed E-state index contributed by atoms with van der Waals surface area (Å²) in [5, 5.41) is 0. The van der Waals surface area contributed by atoms with Gasteiger partial charge in [-0.25, -0.2) is 13.2 Å². The van der Waals surface area contributed by atoms with Gasteiger partial charge in [0.15, 0.2) is 17.4 Å². The van der Waals surface area contributed by atoms with Gasteiger partial charge in [0.05, 0.1) is 11.1 Å². The molecule has 0 fully saturated rings. The summed E-state index contributed by atoms with van der Waals surface area (Å²) in [5.74, 6) is -3.96. The molecule has 0 aliphatic heterocycles. The Morgan fingerprint density at radius 2 is 1.56 bits per heavy atom. The van der Waals surface area contributed by atoms with Gasteiger partial charge in [-0.05, 0) is 30.7 Å². The fourth-order valence-corrected chi connectivity index (χ4v) is 1.61. The number of hydrogen-bond acceptors (Lipinski definition) is 1. The minimum atomic E-state index is -1.25. The Morgan fingerprint density at radius 3 is 2.22 bits per heavy atom. The van der Waals surface area contributed by atoms with Crippen molar-refractivity contribution in [3.8, 4) is 0 Å². The van der Waals surface area contributed by atoms with Gasteiger partial charge in [-0.1, -0.05) is 18.2 Å². The Morgan fingerprint density at radius 1 is 0.889 bits per heavy atom. The average Bonchev–Trinajstić information content (AvgIpc) is 2.36. The highest BCUT2D eigenvalue weighted by molar-refractivity contribution is 6.09. The first kappa shape index (κ1) is 12.4. The largest absolute Gasteiger partial charge is 0.288 e. The molecule has 0 atom stereocenters. The van der Waals surface area contributed by atoms with Gasteiger partial charge in [0.25, 0.3) is 0 Å². The molecular weight excluding hydrogens is 241 g/mol. The summed E-state index contributed by atoms with van der Waals surface area (Å²) in [6.45, 7) is 1.38. The lowest BCUT2D eigenvalue weighted by Crippen LogP contribution is -2.08. The highest BCUT2D eigenvalue weighted by atomic mass is 19.2. The van der Waals surface area contributed by atoms with Crippen LogP contribution in [-0.4, -0.2) is 5.78 Å². The maximum atomic E-state index is 13.6. The van der Waals surface area contributed by atoms with Gasteiger partial charge in [0.2, 0.25) is 0 Å². The molecule has 0 amide bonds. The Kier molecular flexibility index (Phi) is 3.19. The van der Waals surface area contributed by atoms with E-state index < -0.39 is 28.8 Å². The van der Waals surface area contributed by atoms with E-state index in [2.05, 4.69) is 0 Å². The first-order valence-corrected chi connectivity index (χ1v) is 5.26. The maximum absolute atomic E-state index is 13.6. The molecule has 0 aliphatic rings. The molecule has 92 valence electrons. The van der Waals surface area contributed by atoms with E-state index in [0.29, 0.717) is 0 Å². The van der Waals surface area contributed by atoms with Crippen LogP contribution in [0.3, 0.4) is 0 Å². The minimum Gasteiger partial charge on any atom is -0.288 e. The van der Waals surface area contributed by atoms with Crippen molar-refractivity contribution in [2.24, 2.45) is 0 Å². The fraction of sp³-hybridized carbons (Fsp3) is 0.0714. The molecule has 0 N–H and O–H groups in total.